The Morgan fingerprint density at radius 2 is 2.13 bits per heavy atom. The van der Waals surface area contributed by atoms with Gasteiger partial charge in [0.05, 0.1) is 11.7 Å². The highest BCUT2D eigenvalue weighted by atomic mass is 35.5. The first-order valence-electron chi connectivity index (χ1n) is 4.52. The van der Waals surface area contributed by atoms with Crippen molar-refractivity contribution in [2.24, 2.45) is 0 Å². The van der Waals surface area contributed by atoms with Gasteiger partial charge in [-0.3, -0.25) is 4.40 Å². The van der Waals surface area contributed by atoms with Crippen molar-refractivity contribution in [3.8, 4) is 11.6 Å². The minimum absolute atomic E-state index is 0.373. The second-order valence-corrected chi connectivity index (χ2v) is 3.55. The number of halogens is 1. The molecule has 4 heteroatoms. The van der Waals surface area contributed by atoms with Crippen LogP contribution in [-0.2, 0) is 0 Å². The Morgan fingerprint density at radius 3 is 2.93 bits per heavy atom. The van der Waals surface area contributed by atoms with E-state index in [9.17, 15) is 0 Å². The quantitative estimate of drug-likeness (QED) is 0.628. The van der Waals surface area contributed by atoms with Crippen LogP contribution in [0.25, 0.3) is 17.1 Å². The summed E-state index contributed by atoms with van der Waals surface area (Å²) in [6.07, 6.45) is 3.74. The summed E-state index contributed by atoms with van der Waals surface area (Å²) in [5.74, 6) is 1.43. The van der Waals surface area contributed by atoms with Crippen molar-refractivity contribution in [2.45, 2.75) is 0 Å². The first kappa shape index (κ1) is 8.56. The average Bonchev–Trinajstić information content (AvgIpc) is 2.83. The van der Waals surface area contributed by atoms with Gasteiger partial charge < -0.3 is 4.42 Å². The van der Waals surface area contributed by atoms with Gasteiger partial charge >= 0.3 is 0 Å². The summed E-state index contributed by atoms with van der Waals surface area (Å²) in [6, 6.07) is 9.42. The first-order chi connectivity index (χ1) is 7.34. The molecule has 15 heavy (non-hydrogen) atoms. The van der Waals surface area contributed by atoms with Crippen LogP contribution in [0.2, 0.25) is 5.22 Å². The van der Waals surface area contributed by atoms with Crippen molar-refractivity contribution in [1.29, 1.82) is 0 Å². The van der Waals surface area contributed by atoms with E-state index in [1.54, 1.807) is 12.3 Å². The standard InChI is InChI=1S/C11H7ClN2O/c12-10-5-4-9(15-10)11-13-7-8-3-1-2-6-14(8)11/h1-7H. The molecule has 3 rings (SSSR count). The van der Waals surface area contributed by atoms with Gasteiger partial charge in [0.1, 0.15) is 0 Å². The van der Waals surface area contributed by atoms with E-state index < -0.39 is 0 Å². The molecule has 0 saturated heterocycles. The van der Waals surface area contributed by atoms with Crippen LogP contribution in [0.1, 0.15) is 0 Å². The van der Waals surface area contributed by atoms with Gasteiger partial charge in [-0.15, -0.1) is 0 Å². The highest BCUT2D eigenvalue weighted by Crippen LogP contribution is 2.24. The van der Waals surface area contributed by atoms with Crippen molar-refractivity contribution in [2.75, 3.05) is 0 Å². The van der Waals surface area contributed by atoms with E-state index in [1.165, 1.54) is 0 Å². The second kappa shape index (κ2) is 3.14. The number of hydrogen-bond donors (Lipinski definition) is 0. The molecule has 3 aromatic heterocycles. The van der Waals surface area contributed by atoms with Crippen LogP contribution in [-0.4, -0.2) is 9.38 Å². The maximum absolute atomic E-state index is 5.72. The molecule has 0 aliphatic heterocycles. The largest absolute Gasteiger partial charge is 0.441 e. The van der Waals surface area contributed by atoms with Gasteiger partial charge in [0.2, 0.25) is 0 Å². The Hall–Kier alpha value is -1.74. The number of aromatic nitrogens is 2. The van der Waals surface area contributed by atoms with E-state index in [0.717, 1.165) is 11.3 Å². The van der Waals surface area contributed by atoms with Crippen molar-refractivity contribution in [3.05, 3.63) is 47.9 Å². The summed E-state index contributed by atoms with van der Waals surface area (Å²) in [4.78, 5) is 4.29. The maximum atomic E-state index is 5.72. The third-order valence-electron chi connectivity index (χ3n) is 2.23. The summed E-state index contributed by atoms with van der Waals surface area (Å²) in [6.45, 7) is 0. The Bertz CT molecular complexity index is 612. The van der Waals surface area contributed by atoms with Crippen LogP contribution in [0.3, 0.4) is 0 Å². The number of hydrogen-bond acceptors (Lipinski definition) is 2. The lowest BCUT2D eigenvalue weighted by Gasteiger charge is -1.96. The molecule has 0 radical (unpaired) electrons. The maximum Gasteiger partial charge on any atom is 0.194 e. The van der Waals surface area contributed by atoms with Crippen LogP contribution in [0.4, 0.5) is 0 Å². The molecule has 0 aliphatic rings. The highest BCUT2D eigenvalue weighted by Gasteiger charge is 2.09. The van der Waals surface area contributed by atoms with Crippen LogP contribution in [0.5, 0.6) is 0 Å². The summed E-state index contributed by atoms with van der Waals surface area (Å²) in [5.41, 5.74) is 1.03. The van der Waals surface area contributed by atoms with Gasteiger partial charge in [-0.25, -0.2) is 4.98 Å². The highest BCUT2D eigenvalue weighted by molar-refractivity contribution is 6.28. The van der Waals surface area contributed by atoms with Crippen LogP contribution >= 0.6 is 11.6 Å². The predicted molar refractivity (Wildman–Crippen MR) is 57.9 cm³/mol. The lowest BCUT2D eigenvalue weighted by atomic mass is 10.4. The number of nitrogens with zero attached hydrogens (tertiary/aromatic N) is 2. The molecule has 0 fully saturated rings. The van der Waals surface area contributed by atoms with Crippen molar-refractivity contribution >= 4 is 17.1 Å². The molecule has 0 bridgehead atoms. The van der Waals surface area contributed by atoms with Crippen molar-refractivity contribution in [1.82, 2.24) is 9.38 Å². The molecule has 74 valence electrons. The molecule has 0 N–H and O–H groups in total. The number of fused-ring (bicyclic) bond motifs is 1. The molecule has 0 atom stereocenters. The third kappa shape index (κ3) is 1.32. The fourth-order valence-electron chi connectivity index (χ4n) is 1.56. The molecule has 0 aromatic carbocycles. The van der Waals surface area contributed by atoms with E-state index in [0.29, 0.717) is 11.0 Å². The number of furan rings is 1. The minimum atomic E-state index is 0.373. The van der Waals surface area contributed by atoms with E-state index in [4.69, 9.17) is 16.0 Å². The van der Waals surface area contributed by atoms with Gasteiger partial charge in [-0.1, -0.05) is 6.07 Å². The minimum Gasteiger partial charge on any atom is -0.441 e. The number of pyridine rings is 1. The predicted octanol–water partition coefficient (Wildman–Crippen LogP) is 3.25. The van der Waals surface area contributed by atoms with E-state index in [1.807, 2.05) is 34.9 Å². The topological polar surface area (TPSA) is 30.4 Å². The average molecular weight is 219 g/mol. The number of rotatable bonds is 1. The van der Waals surface area contributed by atoms with Gasteiger partial charge in [-0.05, 0) is 35.9 Å². The molecule has 0 spiro atoms. The molecule has 0 amide bonds. The summed E-state index contributed by atoms with van der Waals surface area (Å²) < 4.78 is 7.27. The molecule has 0 aliphatic carbocycles. The van der Waals surface area contributed by atoms with Gasteiger partial charge in [0, 0.05) is 6.20 Å². The monoisotopic (exact) mass is 218 g/mol. The Kier molecular flexibility index (Phi) is 1.79. The third-order valence-corrected chi connectivity index (χ3v) is 2.44. The molecule has 3 aromatic rings. The van der Waals surface area contributed by atoms with E-state index >= 15 is 0 Å². The lowest BCUT2D eigenvalue weighted by molar-refractivity contribution is 0.579. The van der Waals surface area contributed by atoms with Crippen molar-refractivity contribution < 1.29 is 4.42 Å². The molecule has 0 unspecified atom stereocenters. The van der Waals surface area contributed by atoms with Gasteiger partial charge in [0.15, 0.2) is 16.8 Å². The molecule has 3 heterocycles. The molecular formula is C11H7ClN2O. The summed E-state index contributed by atoms with van der Waals surface area (Å²) >= 11 is 5.72. The SMILES string of the molecule is Clc1ccc(-c2ncc3ccccn23)o1. The Labute approximate surface area is 90.9 Å². The molecular weight excluding hydrogens is 212 g/mol. The molecule has 3 nitrogen and oxygen atoms in total. The fraction of sp³-hybridized carbons (Fsp3) is 0. The zero-order chi connectivity index (χ0) is 10.3. The Morgan fingerprint density at radius 1 is 1.20 bits per heavy atom. The summed E-state index contributed by atoms with van der Waals surface area (Å²) in [5, 5.41) is 0.373. The van der Waals surface area contributed by atoms with Gasteiger partial charge in [0.25, 0.3) is 0 Å². The molecule has 0 saturated carbocycles. The zero-order valence-corrected chi connectivity index (χ0v) is 8.48. The normalized spacial score (nSPS) is 11.0. The van der Waals surface area contributed by atoms with Gasteiger partial charge in [-0.2, -0.15) is 0 Å². The van der Waals surface area contributed by atoms with Crippen molar-refractivity contribution in [3.63, 3.8) is 0 Å². The van der Waals surface area contributed by atoms with Crippen LogP contribution in [0, 0.1) is 0 Å². The second-order valence-electron chi connectivity index (χ2n) is 3.18. The first-order valence-corrected chi connectivity index (χ1v) is 4.90. The Balaban J connectivity index is 2.27. The van der Waals surface area contributed by atoms with Crippen LogP contribution < -0.4 is 0 Å². The summed E-state index contributed by atoms with van der Waals surface area (Å²) in [7, 11) is 0. The lowest BCUT2D eigenvalue weighted by Crippen LogP contribution is -1.86. The number of imidazole rings is 1. The van der Waals surface area contributed by atoms with E-state index in [-0.39, 0.29) is 0 Å². The zero-order valence-electron chi connectivity index (χ0n) is 7.72. The fourth-order valence-corrected chi connectivity index (χ4v) is 1.71. The van der Waals surface area contributed by atoms with Crippen LogP contribution in [0.15, 0.2) is 47.1 Å². The smallest absolute Gasteiger partial charge is 0.194 e. The van der Waals surface area contributed by atoms with E-state index in [2.05, 4.69) is 4.98 Å².